The normalized spacial score (nSPS) is 11.4. The minimum absolute atomic E-state index is 0.106. The molecule has 0 amide bonds. The maximum Gasteiger partial charge on any atom is 0.349 e. The van der Waals surface area contributed by atoms with Gasteiger partial charge in [0.2, 0.25) is 8.32 Å². The zero-order valence-corrected chi connectivity index (χ0v) is 13.1. The Balaban J connectivity index is 3.20. The van der Waals surface area contributed by atoms with Gasteiger partial charge >= 0.3 is 8.80 Å². The molecule has 0 unspecified atom stereocenters. The predicted octanol–water partition coefficient (Wildman–Crippen LogP) is 2.59. The monoisotopic (exact) mass is 272 g/mol. The van der Waals surface area contributed by atoms with E-state index in [0.29, 0.717) is 0 Å². The molecule has 88 valence electrons. The maximum absolute atomic E-state index is 11.5. The summed E-state index contributed by atoms with van der Waals surface area (Å²) in [4.78, 5) is 0. The van der Waals surface area contributed by atoms with Gasteiger partial charge in [-0.25, -0.2) is 0 Å². The van der Waals surface area contributed by atoms with Gasteiger partial charge in [0.05, 0.1) is 13.1 Å². The fourth-order valence-electron chi connectivity index (χ4n) is 1.34. The van der Waals surface area contributed by atoms with Crippen LogP contribution in [0.4, 0.5) is 0 Å². The molecule has 0 spiro atoms. The summed E-state index contributed by atoms with van der Waals surface area (Å²) in [6, 6.07) is 3.31. The Kier molecular flexibility index (Phi) is 4.09. The molecule has 1 rings (SSSR count). The molecule has 0 heterocycles. The Morgan fingerprint density at radius 1 is 1.25 bits per heavy atom. The Labute approximate surface area is 105 Å². The molecule has 16 heavy (non-hydrogen) atoms. The third kappa shape index (κ3) is 3.54. The molecule has 5 heteroatoms. The van der Waals surface area contributed by atoms with E-state index in [-0.39, 0.29) is 10.8 Å². The molecule has 0 aliphatic carbocycles. The largest absolute Gasteiger partial charge is 0.871 e. The van der Waals surface area contributed by atoms with Crippen molar-refractivity contribution in [2.24, 2.45) is 0 Å². The molecule has 0 aliphatic heterocycles. The molecular weight excluding hydrogens is 256 g/mol. The Morgan fingerprint density at radius 3 is 2.25 bits per heavy atom. The minimum atomic E-state index is -1.66. The first-order chi connectivity index (χ1) is 7.20. The van der Waals surface area contributed by atoms with Gasteiger partial charge in [0.1, 0.15) is 10.9 Å². The topological polar surface area (TPSA) is 32.3 Å². The van der Waals surface area contributed by atoms with E-state index in [2.05, 4.69) is 32.7 Å². The van der Waals surface area contributed by atoms with Gasteiger partial charge in [-0.1, -0.05) is 17.4 Å². The van der Waals surface area contributed by atoms with Crippen LogP contribution in [0.25, 0.3) is 0 Å². The van der Waals surface area contributed by atoms with Crippen LogP contribution < -0.4 is 14.7 Å². The van der Waals surface area contributed by atoms with Crippen LogP contribution in [0.1, 0.15) is 0 Å². The van der Waals surface area contributed by atoms with Gasteiger partial charge in [-0.2, -0.15) is 0 Å². The molecule has 0 aliphatic rings. The standard InChI is InChI=1S/C11H17ClO2Si2/c1-15(2)11-7-9(13)8(12)6-10(11)14-16(3,4)5/h6-7H,1-5H3. The van der Waals surface area contributed by atoms with Gasteiger partial charge in [0, 0.05) is 5.02 Å². The van der Waals surface area contributed by atoms with E-state index in [9.17, 15) is 5.11 Å². The molecule has 0 fully saturated rings. The second-order valence-electron chi connectivity index (χ2n) is 4.99. The summed E-state index contributed by atoms with van der Waals surface area (Å²) in [5.74, 6) is 0.702. The lowest BCUT2D eigenvalue weighted by Crippen LogP contribution is -2.35. The second kappa shape index (κ2) is 4.81. The molecule has 0 bridgehead atoms. The molecule has 0 saturated heterocycles. The van der Waals surface area contributed by atoms with Crippen molar-refractivity contribution in [2.45, 2.75) is 32.7 Å². The molecular formula is C11H17ClO2Si2. The molecule has 0 N–H and O–H groups in total. The molecule has 0 radical (unpaired) electrons. The number of hydrogen-bond donors (Lipinski definition) is 0. The lowest BCUT2D eigenvalue weighted by Gasteiger charge is -2.21. The molecule has 2 nitrogen and oxygen atoms in total. The van der Waals surface area contributed by atoms with Crippen molar-refractivity contribution < 1.29 is 9.53 Å². The van der Waals surface area contributed by atoms with Crippen LogP contribution in [0.3, 0.4) is 0 Å². The molecule has 0 atom stereocenters. The third-order valence-corrected chi connectivity index (χ3v) is 4.58. The van der Waals surface area contributed by atoms with Crippen LogP contribution >= 0.6 is 11.6 Å². The third-order valence-electron chi connectivity index (χ3n) is 1.99. The predicted molar refractivity (Wildman–Crippen MR) is 72.0 cm³/mol. The lowest BCUT2D eigenvalue weighted by molar-refractivity contribution is -0.268. The number of hydrogen-bond acceptors (Lipinski definition) is 2. The summed E-state index contributed by atoms with van der Waals surface area (Å²) < 4.78 is 5.97. The van der Waals surface area contributed by atoms with Crippen molar-refractivity contribution in [3.63, 3.8) is 0 Å². The van der Waals surface area contributed by atoms with Crippen LogP contribution in [0.2, 0.25) is 37.8 Å². The van der Waals surface area contributed by atoms with E-state index >= 15 is 0 Å². The summed E-state index contributed by atoms with van der Waals surface area (Å²) in [5.41, 5.74) is 0. The van der Waals surface area contributed by atoms with E-state index in [1.54, 1.807) is 12.1 Å². The molecule has 0 aromatic heterocycles. The summed E-state index contributed by atoms with van der Waals surface area (Å²) in [5, 5.41) is 12.8. The smallest absolute Gasteiger partial charge is 0.349 e. The Morgan fingerprint density at radius 2 is 1.81 bits per heavy atom. The number of rotatable bonds is 3. The summed E-state index contributed by atoms with van der Waals surface area (Å²) >= 11 is 5.85. The van der Waals surface area contributed by atoms with Crippen molar-refractivity contribution in [2.75, 3.05) is 0 Å². The minimum Gasteiger partial charge on any atom is -0.871 e. The quantitative estimate of drug-likeness (QED) is 0.793. The Hall–Kier alpha value is -0.456. The SMILES string of the molecule is C[Si+](C)c1cc([O-])c(Cl)cc1O[Si](C)(C)C. The van der Waals surface area contributed by atoms with Crippen LogP contribution in [0.15, 0.2) is 12.1 Å². The summed E-state index contributed by atoms with van der Waals surface area (Å²) in [6.07, 6.45) is 0. The zero-order chi connectivity index (χ0) is 12.5. The van der Waals surface area contributed by atoms with E-state index in [1.165, 1.54) is 0 Å². The average Bonchev–Trinajstić information content (AvgIpc) is 2.07. The fourth-order valence-corrected chi connectivity index (χ4v) is 3.46. The first-order valence-electron chi connectivity index (χ1n) is 5.21. The van der Waals surface area contributed by atoms with Gasteiger partial charge in [-0.3, -0.25) is 0 Å². The van der Waals surface area contributed by atoms with Crippen LogP contribution in [0.5, 0.6) is 11.5 Å². The zero-order valence-electron chi connectivity index (χ0n) is 10.3. The van der Waals surface area contributed by atoms with Crippen molar-refractivity contribution in [3.05, 3.63) is 17.2 Å². The van der Waals surface area contributed by atoms with E-state index in [4.69, 9.17) is 16.0 Å². The van der Waals surface area contributed by atoms with Crippen molar-refractivity contribution in [1.29, 1.82) is 0 Å². The van der Waals surface area contributed by atoms with E-state index in [0.717, 1.165) is 10.9 Å². The molecule has 0 saturated carbocycles. The number of benzene rings is 1. The van der Waals surface area contributed by atoms with Gasteiger partial charge < -0.3 is 9.53 Å². The van der Waals surface area contributed by atoms with Crippen molar-refractivity contribution in [1.82, 2.24) is 0 Å². The van der Waals surface area contributed by atoms with E-state index < -0.39 is 17.1 Å². The average molecular weight is 273 g/mol. The van der Waals surface area contributed by atoms with Gasteiger partial charge in [0.25, 0.3) is 0 Å². The second-order valence-corrected chi connectivity index (χ2v) is 12.4. The van der Waals surface area contributed by atoms with Crippen molar-refractivity contribution in [3.8, 4) is 11.5 Å². The summed E-state index contributed by atoms with van der Waals surface area (Å²) in [7, 11) is -2.37. The lowest BCUT2D eigenvalue weighted by atomic mass is 10.3. The molecule has 1 aromatic carbocycles. The maximum atomic E-state index is 11.5. The highest BCUT2D eigenvalue weighted by Gasteiger charge is 2.26. The fraction of sp³-hybridized carbons (Fsp3) is 0.455. The molecule has 1 aromatic rings. The van der Waals surface area contributed by atoms with Gasteiger partial charge in [-0.05, 0) is 31.8 Å². The highest BCUT2D eigenvalue weighted by molar-refractivity contribution is 6.73. The van der Waals surface area contributed by atoms with Crippen LogP contribution in [-0.4, -0.2) is 17.1 Å². The Bertz CT molecular complexity index is 386. The summed E-state index contributed by atoms with van der Waals surface area (Å²) in [6.45, 7) is 10.6. The first kappa shape index (κ1) is 13.6. The van der Waals surface area contributed by atoms with Gasteiger partial charge in [0.15, 0.2) is 0 Å². The van der Waals surface area contributed by atoms with E-state index in [1.807, 2.05) is 0 Å². The number of halogens is 1. The van der Waals surface area contributed by atoms with Gasteiger partial charge in [-0.15, -0.1) is 0 Å². The van der Waals surface area contributed by atoms with Crippen molar-refractivity contribution >= 4 is 33.9 Å². The highest BCUT2D eigenvalue weighted by atomic mass is 35.5. The first-order valence-corrected chi connectivity index (χ1v) is 11.5. The van der Waals surface area contributed by atoms with Crippen LogP contribution in [-0.2, 0) is 0 Å². The highest BCUT2D eigenvalue weighted by Crippen LogP contribution is 2.26. The van der Waals surface area contributed by atoms with Crippen LogP contribution in [0, 0.1) is 0 Å².